The second-order valence-electron chi connectivity index (χ2n) is 8.96. The summed E-state index contributed by atoms with van der Waals surface area (Å²) < 4.78 is 15.7. The molecule has 2 nitrogen and oxygen atoms in total. The molecule has 0 saturated carbocycles. The summed E-state index contributed by atoms with van der Waals surface area (Å²) >= 11 is 21.3. The molecule has 2 atom stereocenters. The maximum absolute atomic E-state index is 7.08. The molecule has 4 aromatic carbocycles. The summed E-state index contributed by atoms with van der Waals surface area (Å²) in [4.78, 5) is 0. The molecule has 0 saturated heterocycles. The van der Waals surface area contributed by atoms with Crippen LogP contribution in [0.1, 0.15) is 22.3 Å². The van der Waals surface area contributed by atoms with Crippen molar-refractivity contribution in [2.75, 3.05) is 0 Å². The molecule has 0 unspecified atom stereocenters. The van der Waals surface area contributed by atoms with Crippen LogP contribution in [0, 0.1) is 0 Å². The monoisotopic (exact) mass is 652 g/mol. The summed E-state index contributed by atoms with van der Waals surface area (Å²) in [6, 6.07) is 35.5. The third-order valence-electron chi connectivity index (χ3n) is 6.82. The molecule has 0 amide bonds. The Kier molecular flexibility index (Phi) is 6.47. The number of hydrogen-bond donors (Lipinski definition) is 0. The minimum atomic E-state index is -1.23. The van der Waals surface area contributed by atoms with Crippen molar-refractivity contribution in [1.29, 1.82) is 0 Å². The molecule has 6 rings (SSSR count). The Labute approximate surface area is 242 Å². The zero-order valence-corrected chi connectivity index (χ0v) is 24.1. The van der Waals surface area contributed by atoms with Gasteiger partial charge in [-0.2, -0.15) is 0 Å². The molecule has 2 aliphatic heterocycles. The zero-order chi connectivity index (χ0) is 25.7. The van der Waals surface area contributed by atoms with E-state index in [0.717, 1.165) is 31.2 Å². The summed E-state index contributed by atoms with van der Waals surface area (Å²) in [6.45, 7) is 0. The molecule has 0 bridgehead atoms. The standard InChI is InChI=1S/C31H20Br2Cl2O2/c32-27-19-29(36-30(27,21-11-3-1-4-12-21)23-15-7-9-17-25(23)34)20-28(33)31(37-29,22-13-5-2-6-14-22)24-16-8-10-18-26(24)35/h1-20H/t29?,30-,31-/m0/s1. The molecule has 2 heterocycles. The molecular formula is C31H20Br2Cl2O2. The van der Waals surface area contributed by atoms with Crippen LogP contribution in [0.15, 0.2) is 130 Å². The van der Waals surface area contributed by atoms with Crippen molar-refractivity contribution in [3.63, 3.8) is 0 Å². The smallest absolute Gasteiger partial charge is 0.213 e. The molecule has 37 heavy (non-hydrogen) atoms. The molecule has 0 aromatic heterocycles. The largest absolute Gasteiger partial charge is 0.321 e. The first-order valence-electron chi connectivity index (χ1n) is 11.7. The lowest BCUT2D eigenvalue weighted by Gasteiger charge is -2.38. The molecule has 1 spiro atoms. The fourth-order valence-corrected chi connectivity index (χ4v) is 7.45. The maximum atomic E-state index is 7.08. The molecule has 0 N–H and O–H groups in total. The van der Waals surface area contributed by atoms with Crippen LogP contribution in [0.2, 0.25) is 10.0 Å². The van der Waals surface area contributed by atoms with Gasteiger partial charge >= 0.3 is 0 Å². The number of halogens is 4. The first-order valence-corrected chi connectivity index (χ1v) is 14.0. The van der Waals surface area contributed by atoms with Gasteiger partial charge in [0.05, 0.1) is 0 Å². The van der Waals surface area contributed by atoms with E-state index in [1.807, 2.05) is 121 Å². The van der Waals surface area contributed by atoms with Gasteiger partial charge in [0.15, 0.2) is 11.2 Å². The molecule has 6 heteroatoms. The predicted molar refractivity (Wildman–Crippen MR) is 156 cm³/mol. The van der Waals surface area contributed by atoms with Crippen molar-refractivity contribution >= 4 is 55.1 Å². The summed E-state index contributed by atoms with van der Waals surface area (Å²) in [6.07, 6.45) is 3.93. The summed E-state index contributed by atoms with van der Waals surface area (Å²) in [5.74, 6) is -1.23. The Morgan fingerprint density at radius 1 is 0.486 bits per heavy atom. The molecule has 0 fully saturated rings. The second-order valence-corrected chi connectivity index (χ2v) is 11.5. The van der Waals surface area contributed by atoms with Gasteiger partial charge in [-0.05, 0) is 35.4 Å². The second kappa shape index (κ2) is 9.53. The highest BCUT2D eigenvalue weighted by Crippen LogP contribution is 2.61. The molecule has 0 aliphatic carbocycles. The highest BCUT2D eigenvalue weighted by Gasteiger charge is 2.60. The summed E-state index contributed by atoms with van der Waals surface area (Å²) in [5.41, 5.74) is 1.40. The fraction of sp³-hybridized carbons (Fsp3) is 0.0968. The Bertz CT molecular complexity index is 1420. The SMILES string of the molecule is Clc1ccccc1[C@]1(c2ccccc2)OC2(C=C1Br)C=C(Br)[C@](c1ccccc1)(c1ccccc1Cl)O2. The van der Waals surface area contributed by atoms with Gasteiger partial charge in [-0.3, -0.25) is 0 Å². The lowest BCUT2D eigenvalue weighted by atomic mass is 9.86. The van der Waals surface area contributed by atoms with Crippen molar-refractivity contribution in [2.24, 2.45) is 0 Å². The average molecular weight is 655 g/mol. The Hall–Kier alpha value is -2.18. The normalized spacial score (nSPS) is 24.2. The first kappa shape index (κ1) is 25.1. The number of hydrogen-bond acceptors (Lipinski definition) is 2. The summed E-state index contributed by atoms with van der Waals surface area (Å²) in [7, 11) is 0. The maximum Gasteiger partial charge on any atom is 0.213 e. The number of rotatable bonds is 4. The van der Waals surface area contributed by atoms with Gasteiger partial charge in [0.2, 0.25) is 5.79 Å². The van der Waals surface area contributed by atoms with Gasteiger partial charge in [-0.15, -0.1) is 0 Å². The molecular weight excluding hydrogens is 635 g/mol. The van der Waals surface area contributed by atoms with Gasteiger partial charge < -0.3 is 9.47 Å². The van der Waals surface area contributed by atoms with Crippen molar-refractivity contribution in [3.05, 3.63) is 163 Å². The van der Waals surface area contributed by atoms with Crippen LogP contribution in [-0.2, 0) is 20.7 Å². The van der Waals surface area contributed by atoms with E-state index in [1.165, 1.54) is 0 Å². The van der Waals surface area contributed by atoms with Crippen molar-refractivity contribution in [2.45, 2.75) is 17.0 Å². The van der Waals surface area contributed by atoms with E-state index in [0.29, 0.717) is 10.0 Å². The highest BCUT2D eigenvalue weighted by atomic mass is 79.9. The zero-order valence-electron chi connectivity index (χ0n) is 19.4. The molecule has 4 aromatic rings. The Morgan fingerprint density at radius 3 is 1.22 bits per heavy atom. The van der Waals surface area contributed by atoms with Crippen molar-refractivity contribution in [1.82, 2.24) is 0 Å². The van der Waals surface area contributed by atoms with Crippen LogP contribution in [0.25, 0.3) is 0 Å². The minimum Gasteiger partial charge on any atom is -0.321 e. The van der Waals surface area contributed by atoms with E-state index < -0.39 is 17.0 Å². The van der Waals surface area contributed by atoms with Gasteiger partial charge in [0.25, 0.3) is 0 Å². The van der Waals surface area contributed by atoms with Crippen LogP contribution in [-0.4, -0.2) is 5.79 Å². The topological polar surface area (TPSA) is 18.5 Å². The van der Waals surface area contributed by atoms with Crippen LogP contribution in [0.5, 0.6) is 0 Å². The average Bonchev–Trinajstić information content (AvgIpc) is 3.37. The number of ether oxygens (including phenoxy) is 2. The van der Waals surface area contributed by atoms with Crippen LogP contribution >= 0.6 is 55.1 Å². The van der Waals surface area contributed by atoms with E-state index in [-0.39, 0.29) is 0 Å². The third-order valence-corrected chi connectivity index (χ3v) is 9.05. The van der Waals surface area contributed by atoms with E-state index >= 15 is 0 Å². The molecule has 0 radical (unpaired) electrons. The Morgan fingerprint density at radius 2 is 0.838 bits per heavy atom. The summed E-state index contributed by atoms with van der Waals surface area (Å²) in [5, 5.41) is 1.19. The lowest BCUT2D eigenvalue weighted by molar-refractivity contribution is -0.223. The fourth-order valence-electron chi connectivity index (χ4n) is 5.22. The lowest BCUT2D eigenvalue weighted by Crippen LogP contribution is -2.40. The third kappa shape index (κ3) is 3.89. The van der Waals surface area contributed by atoms with E-state index in [4.69, 9.17) is 32.7 Å². The van der Waals surface area contributed by atoms with Crippen LogP contribution in [0.4, 0.5) is 0 Å². The van der Waals surface area contributed by atoms with Crippen LogP contribution in [0.3, 0.4) is 0 Å². The van der Waals surface area contributed by atoms with Gasteiger partial charge in [0.1, 0.15) is 0 Å². The minimum absolute atomic E-state index is 0.593. The van der Waals surface area contributed by atoms with E-state index in [9.17, 15) is 0 Å². The van der Waals surface area contributed by atoms with Crippen LogP contribution < -0.4 is 0 Å². The van der Waals surface area contributed by atoms with Gasteiger partial charge in [0, 0.05) is 30.1 Å². The van der Waals surface area contributed by atoms with Gasteiger partial charge in [-0.1, -0.05) is 152 Å². The molecule has 184 valence electrons. The predicted octanol–water partition coefficient (Wildman–Crippen LogP) is 9.50. The van der Waals surface area contributed by atoms with Gasteiger partial charge in [-0.25, -0.2) is 0 Å². The van der Waals surface area contributed by atoms with Crippen molar-refractivity contribution < 1.29 is 9.47 Å². The van der Waals surface area contributed by atoms with Crippen molar-refractivity contribution in [3.8, 4) is 0 Å². The first-order chi connectivity index (χ1) is 17.9. The number of benzene rings is 4. The van der Waals surface area contributed by atoms with E-state index in [1.54, 1.807) is 0 Å². The molecule has 2 aliphatic rings. The van der Waals surface area contributed by atoms with E-state index in [2.05, 4.69) is 31.9 Å². The highest BCUT2D eigenvalue weighted by molar-refractivity contribution is 9.12. The Balaban J connectivity index is 1.56. The quantitative estimate of drug-likeness (QED) is 0.218.